The van der Waals surface area contributed by atoms with E-state index in [9.17, 15) is 27.2 Å². The van der Waals surface area contributed by atoms with Crippen LogP contribution in [-0.2, 0) is 4.79 Å². The van der Waals surface area contributed by atoms with Crippen LogP contribution in [0, 0.1) is 0 Å². The summed E-state index contributed by atoms with van der Waals surface area (Å²) in [7, 11) is 3.13. The summed E-state index contributed by atoms with van der Waals surface area (Å²) < 4.78 is 58.3. The van der Waals surface area contributed by atoms with Gasteiger partial charge in [0.1, 0.15) is 11.5 Å². The third kappa shape index (κ3) is 7.18. The quantitative estimate of drug-likeness (QED) is 0.449. The SMILES string of the molecule is CN(C)C(=O)c1ccc(Cl)c(NC(=O)/C=C/c2ccc(OC(F)F)cc2OC(F)F)c1. The van der Waals surface area contributed by atoms with Gasteiger partial charge in [-0.2, -0.15) is 17.6 Å². The predicted molar refractivity (Wildman–Crippen MR) is 107 cm³/mol. The van der Waals surface area contributed by atoms with Crippen LogP contribution in [0.3, 0.4) is 0 Å². The molecule has 0 atom stereocenters. The Morgan fingerprint density at radius 1 is 1.03 bits per heavy atom. The Hall–Kier alpha value is -3.27. The third-order valence-electron chi connectivity index (χ3n) is 3.72. The Labute approximate surface area is 180 Å². The average molecular weight is 461 g/mol. The van der Waals surface area contributed by atoms with E-state index in [2.05, 4.69) is 14.8 Å². The molecule has 0 heterocycles. The van der Waals surface area contributed by atoms with Crippen LogP contribution in [0.4, 0.5) is 23.2 Å². The van der Waals surface area contributed by atoms with E-state index in [-0.39, 0.29) is 33.5 Å². The van der Waals surface area contributed by atoms with E-state index >= 15 is 0 Å². The number of carbonyl (C=O) groups excluding carboxylic acids is 2. The van der Waals surface area contributed by atoms with Crippen molar-refractivity contribution in [3.8, 4) is 11.5 Å². The molecular weight excluding hydrogens is 444 g/mol. The van der Waals surface area contributed by atoms with Gasteiger partial charge in [-0.3, -0.25) is 9.59 Å². The fourth-order valence-corrected chi connectivity index (χ4v) is 2.54. The number of alkyl halides is 4. The Morgan fingerprint density at radius 2 is 1.71 bits per heavy atom. The molecule has 0 aliphatic heterocycles. The number of benzene rings is 2. The highest BCUT2D eigenvalue weighted by molar-refractivity contribution is 6.34. The van der Waals surface area contributed by atoms with Gasteiger partial charge < -0.3 is 19.7 Å². The number of halogens is 5. The summed E-state index contributed by atoms with van der Waals surface area (Å²) in [6, 6.07) is 7.44. The molecule has 0 radical (unpaired) electrons. The lowest BCUT2D eigenvalue weighted by Gasteiger charge is -2.12. The first kappa shape index (κ1) is 24.0. The lowest BCUT2D eigenvalue weighted by Crippen LogP contribution is -2.21. The standard InChI is InChI=1S/C20H17ClF4N2O4/c1-27(2)18(29)12-4-7-14(21)15(9-12)26-17(28)8-5-11-3-6-13(30-19(22)23)10-16(11)31-20(24)25/h3-10,19-20H,1-2H3,(H,26,28)/b8-5+. The van der Waals surface area contributed by atoms with Crippen LogP contribution < -0.4 is 14.8 Å². The lowest BCUT2D eigenvalue weighted by atomic mass is 10.1. The second-order valence-corrected chi connectivity index (χ2v) is 6.58. The van der Waals surface area contributed by atoms with Crippen molar-refractivity contribution in [3.05, 3.63) is 58.6 Å². The number of anilines is 1. The molecule has 31 heavy (non-hydrogen) atoms. The Bertz CT molecular complexity index is 984. The molecule has 0 spiro atoms. The molecule has 2 aromatic carbocycles. The summed E-state index contributed by atoms with van der Waals surface area (Å²) in [5.41, 5.74) is 0.462. The molecule has 11 heteroatoms. The fourth-order valence-electron chi connectivity index (χ4n) is 2.38. The van der Waals surface area contributed by atoms with Gasteiger partial charge in [0.15, 0.2) is 0 Å². The topological polar surface area (TPSA) is 67.9 Å². The van der Waals surface area contributed by atoms with E-state index in [0.29, 0.717) is 0 Å². The molecule has 2 amide bonds. The zero-order valence-corrected chi connectivity index (χ0v) is 17.0. The number of carbonyl (C=O) groups is 2. The summed E-state index contributed by atoms with van der Waals surface area (Å²) in [4.78, 5) is 25.6. The second-order valence-electron chi connectivity index (χ2n) is 6.17. The van der Waals surface area contributed by atoms with Crippen LogP contribution >= 0.6 is 11.6 Å². The molecular formula is C20H17ClF4N2O4. The molecule has 0 aliphatic carbocycles. The summed E-state index contributed by atoms with van der Waals surface area (Å²) in [6.07, 6.45) is 2.14. The van der Waals surface area contributed by atoms with Crippen LogP contribution in [0.15, 0.2) is 42.5 Å². The maximum absolute atomic E-state index is 12.6. The molecule has 1 N–H and O–H groups in total. The van der Waals surface area contributed by atoms with E-state index in [1.165, 1.54) is 29.2 Å². The molecule has 2 rings (SSSR count). The highest BCUT2D eigenvalue weighted by atomic mass is 35.5. The van der Waals surface area contributed by atoms with E-state index < -0.39 is 24.9 Å². The van der Waals surface area contributed by atoms with E-state index in [4.69, 9.17) is 11.6 Å². The van der Waals surface area contributed by atoms with E-state index in [1.807, 2.05) is 0 Å². The van der Waals surface area contributed by atoms with Crippen LogP contribution in [0.2, 0.25) is 5.02 Å². The van der Waals surface area contributed by atoms with Gasteiger partial charge in [0.05, 0.1) is 10.7 Å². The van der Waals surface area contributed by atoms with E-state index in [0.717, 1.165) is 24.3 Å². The van der Waals surface area contributed by atoms with Crippen molar-refractivity contribution in [2.24, 2.45) is 0 Å². The molecule has 0 unspecified atom stereocenters. The molecule has 2 aromatic rings. The Morgan fingerprint density at radius 3 is 2.32 bits per heavy atom. The number of nitrogens with zero attached hydrogens (tertiary/aromatic N) is 1. The fraction of sp³-hybridized carbons (Fsp3) is 0.200. The van der Waals surface area contributed by atoms with Crippen molar-refractivity contribution in [2.45, 2.75) is 13.2 Å². The van der Waals surface area contributed by atoms with Gasteiger partial charge in [-0.1, -0.05) is 11.6 Å². The highest BCUT2D eigenvalue weighted by Crippen LogP contribution is 2.29. The van der Waals surface area contributed by atoms with Crippen molar-refractivity contribution in [1.82, 2.24) is 4.90 Å². The summed E-state index contributed by atoms with van der Waals surface area (Å²) in [5.74, 6) is -1.84. The van der Waals surface area contributed by atoms with Crippen molar-refractivity contribution >= 4 is 35.2 Å². The normalized spacial score (nSPS) is 11.1. The first-order valence-corrected chi connectivity index (χ1v) is 8.98. The van der Waals surface area contributed by atoms with Gasteiger partial charge >= 0.3 is 13.2 Å². The monoisotopic (exact) mass is 460 g/mol. The summed E-state index contributed by atoms with van der Waals surface area (Å²) >= 11 is 6.04. The third-order valence-corrected chi connectivity index (χ3v) is 4.05. The summed E-state index contributed by atoms with van der Waals surface area (Å²) in [6.45, 7) is -6.37. The van der Waals surface area contributed by atoms with Gasteiger partial charge in [0.2, 0.25) is 5.91 Å². The van der Waals surface area contributed by atoms with Crippen molar-refractivity contribution in [1.29, 1.82) is 0 Å². The first-order chi connectivity index (χ1) is 14.6. The summed E-state index contributed by atoms with van der Waals surface area (Å²) in [5, 5.41) is 2.64. The van der Waals surface area contributed by atoms with Gasteiger partial charge in [-0.15, -0.1) is 0 Å². The molecule has 0 aliphatic rings. The lowest BCUT2D eigenvalue weighted by molar-refractivity contribution is -0.111. The van der Waals surface area contributed by atoms with Crippen molar-refractivity contribution < 1.29 is 36.6 Å². The first-order valence-electron chi connectivity index (χ1n) is 8.60. The number of rotatable bonds is 8. The zero-order chi connectivity index (χ0) is 23.1. The molecule has 0 aromatic heterocycles. The second kappa shape index (κ2) is 10.7. The molecule has 0 saturated carbocycles. The molecule has 6 nitrogen and oxygen atoms in total. The average Bonchev–Trinajstić information content (AvgIpc) is 2.67. The number of hydrogen-bond acceptors (Lipinski definition) is 4. The van der Waals surface area contributed by atoms with Crippen molar-refractivity contribution in [2.75, 3.05) is 19.4 Å². The van der Waals surface area contributed by atoms with Crippen LogP contribution in [-0.4, -0.2) is 44.0 Å². The van der Waals surface area contributed by atoms with Gasteiger partial charge in [-0.25, -0.2) is 0 Å². The number of ether oxygens (including phenoxy) is 2. The van der Waals surface area contributed by atoms with Crippen molar-refractivity contribution in [3.63, 3.8) is 0 Å². The molecule has 0 saturated heterocycles. The number of hydrogen-bond donors (Lipinski definition) is 1. The van der Waals surface area contributed by atoms with Crippen LogP contribution in [0.1, 0.15) is 15.9 Å². The molecule has 0 fully saturated rings. The minimum atomic E-state index is -3.22. The van der Waals surface area contributed by atoms with Gasteiger partial charge in [0.25, 0.3) is 5.91 Å². The predicted octanol–water partition coefficient (Wildman–Crippen LogP) is 4.90. The molecule has 166 valence electrons. The number of nitrogens with one attached hydrogen (secondary N) is 1. The number of amides is 2. The largest absolute Gasteiger partial charge is 0.435 e. The maximum atomic E-state index is 12.6. The Balaban J connectivity index is 2.21. The minimum Gasteiger partial charge on any atom is -0.435 e. The van der Waals surface area contributed by atoms with E-state index in [1.54, 1.807) is 14.1 Å². The Kier molecular flexibility index (Phi) is 8.26. The van der Waals surface area contributed by atoms with Gasteiger partial charge in [0, 0.05) is 37.4 Å². The molecule has 0 bridgehead atoms. The van der Waals surface area contributed by atoms with Gasteiger partial charge in [-0.05, 0) is 36.4 Å². The smallest absolute Gasteiger partial charge is 0.387 e. The van der Waals surface area contributed by atoms with Crippen LogP contribution in [0.5, 0.6) is 11.5 Å². The maximum Gasteiger partial charge on any atom is 0.387 e. The highest BCUT2D eigenvalue weighted by Gasteiger charge is 2.14. The van der Waals surface area contributed by atoms with Crippen LogP contribution in [0.25, 0.3) is 6.08 Å². The minimum absolute atomic E-state index is 0.0136. The zero-order valence-electron chi connectivity index (χ0n) is 16.2.